The van der Waals surface area contributed by atoms with Gasteiger partial charge < -0.3 is 10.8 Å². The molecular formula is C8H13N3O2. The summed E-state index contributed by atoms with van der Waals surface area (Å²) in [5.74, 6) is -0.969. The number of carboxylic acid groups (broad SMARTS) is 1. The maximum absolute atomic E-state index is 10.4. The third-order valence-electron chi connectivity index (χ3n) is 1.75. The Labute approximate surface area is 76.2 Å². The van der Waals surface area contributed by atoms with Crippen LogP contribution in [0.1, 0.15) is 12.0 Å². The fourth-order valence-corrected chi connectivity index (χ4v) is 0.984. The van der Waals surface area contributed by atoms with E-state index >= 15 is 0 Å². The molecule has 3 N–H and O–H groups in total. The minimum Gasteiger partial charge on any atom is -0.480 e. The molecule has 13 heavy (non-hydrogen) atoms. The Kier molecular flexibility index (Phi) is 3.02. The molecule has 0 aliphatic carbocycles. The van der Waals surface area contributed by atoms with E-state index in [1.165, 1.54) is 0 Å². The van der Waals surface area contributed by atoms with E-state index in [1.807, 2.05) is 13.1 Å². The minimum atomic E-state index is -0.969. The van der Waals surface area contributed by atoms with E-state index in [-0.39, 0.29) is 0 Å². The van der Waals surface area contributed by atoms with Crippen molar-refractivity contribution < 1.29 is 9.90 Å². The number of aliphatic carboxylic acids is 1. The van der Waals surface area contributed by atoms with Gasteiger partial charge in [0.05, 0.1) is 6.20 Å². The molecule has 0 aliphatic rings. The number of aromatic nitrogens is 2. The van der Waals surface area contributed by atoms with E-state index in [4.69, 9.17) is 10.8 Å². The summed E-state index contributed by atoms with van der Waals surface area (Å²) < 4.78 is 1.69. The molecule has 5 nitrogen and oxygen atoms in total. The zero-order chi connectivity index (χ0) is 9.84. The highest BCUT2D eigenvalue weighted by Crippen LogP contribution is 1.97. The van der Waals surface area contributed by atoms with Crippen LogP contribution in [-0.4, -0.2) is 26.9 Å². The van der Waals surface area contributed by atoms with Crippen LogP contribution < -0.4 is 5.73 Å². The summed E-state index contributed by atoms with van der Waals surface area (Å²) in [6.07, 6.45) is 3.98. The molecule has 0 saturated heterocycles. The molecule has 0 fully saturated rings. The second-order valence-corrected chi connectivity index (χ2v) is 3.01. The van der Waals surface area contributed by atoms with Crippen molar-refractivity contribution in [3.63, 3.8) is 0 Å². The average molecular weight is 183 g/mol. The lowest BCUT2D eigenvalue weighted by molar-refractivity contribution is -0.138. The molecule has 0 radical (unpaired) electrons. The first-order valence-corrected chi connectivity index (χ1v) is 4.07. The molecule has 1 rings (SSSR count). The number of carboxylic acids is 1. The molecule has 0 unspecified atom stereocenters. The number of nitrogens with zero attached hydrogens (tertiary/aromatic N) is 2. The first-order chi connectivity index (χ1) is 6.09. The maximum atomic E-state index is 10.4. The van der Waals surface area contributed by atoms with Crippen LogP contribution in [0, 0.1) is 6.92 Å². The second-order valence-electron chi connectivity index (χ2n) is 3.01. The topological polar surface area (TPSA) is 81.1 Å². The molecular weight excluding hydrogens is 170 g/mol. The second kappa shape index (κ2) is 4.04. The Morgan fingerprint density at radius 3 is 3.00 bits per heavy atom. The van der Waals surface area contributed by atoms with Gasteiger partial charge >= 0.3 is 5.97 Å². The summed E-state index contributed by atoms with van der Waals surface area (Å²) in [5.41, 5.74) is 6.39. The van der Waals surface area contributed by atoms with E-state index < -0.39 is 12.0 Å². The predicted molar refractivity (Wildman–Crippen MR) is 47.2 cm³/mol. The molecule has 0 spiro atoms. The summed E-state index contributed by atoms with van der Waals surface area (Å²) in [4.78, 5) is 10.4. The monoisotopic (exact) mass is 183 g/mol. The summed E-state index contributed by atoms with van der Waals surface area (Å²) in [7, 11) is 0. The number of nitrogens with two attached hydrogens (primary N) is 1. The van der Waals surface area contributed by atoms with Crippen LogP contribution in [0.5, 0.6) is 0 Å². The molecule has 1 heterocycles. The highest BCUT2D eigenvalue weighted by atomic mass is 16.4. The van der Waals surface area contributed by atoms with Crippen molar-refractivity contribution in [1.29, 1.82) is 0 Å². The third-order valence-corrected chi connectivity index (χ3v) is 1.75. The Morgan fingerprint density at radius 1 is 1.85 bits per heavy atom. The number of carbonyl (C=O) groups is 1. The molecule has 1 aromatic heterocycles. The van der Waals surface area contributed by atoms with Crippen LogP contribution in [-0.2, 0) is 11.3 Å². The first-order valence-electron chi connectivity index (χ1n) is 4.07. The van der Waals surface area contributed by atoms with E-state index in [0.717, 1.165) is 5.56 Å². The zero-order valence-electron chi connectivity index (χ0n) is 7.47. The van der Waals surface area contributed by atoms with Gasteiger partial charge in [0.25, 0.3) is 0 Å². The Bertz CT molecular complexity index is 295. The maximum Gasteiger partial charge on any atom is 0.320 e. The molecule has 0 aliphatic heterocycles. The van der Waals surface area contributed by atoms with Crippen LogP contribution in [0.3, 0.4) is 0 Å². The van der Waals surface area contributed by atoms with Gasteiger partial charge in [0.2, 0.25) is 0 Å². The van der Waals surface area contributed by atoms with Gasteiger partial charge in [0.1, 0.15) is 6.04 Å². The van der Waals surface area contributed by atoms with Crippen molar-refractivity contribution in [3.05, 3.63) is 18.0 Å². The molecule has 0 saturated carbocycles. The zero-order valence-corrected chi connectivity index (χ0v) is 7.47. The normalized spacial score (nSPS) is 12.8. The van der Waals surface area contributed by atoms with Crippen molar-refractivity contribution in [2.24, 2.45) is 5.73 Å². The number of aryl methyl sites for hydroxylation is 2. The van der Waals surface area contributed by atoms with Crippen LogP contribution >= 0.6 is 0 Å². The minimum absolute atomic E-state index is 0.399. The standard InChI is InChI=1S/C8H13N3O2/c1-6-4-10-11(5-6)3-2-7(9)8(12)13/h4-5,7H,2-3,9H2,1H3,(H,12,13)/t7-/m0/s1. The highest BCUT2D eigenvalue weighted by molar-refractivity contribution is 5.72. The SMILES string of the molecule is Cc1cnn(CC[C@H](N)C(=O)O)c1. The molecule has 5 heteroatoms. The number of hydrogen-bond acceptors (Lipinski definition) is 3. The molecule has 0 bridgehead atoms. The van der Waals surface area contributed by atoms with Gasteiger partial charge in [-0.15, -0.1) is 0 Å². The Morgan fingerprint density at radius 2 is 2.54 bits per heavy atom. The van der Waals surface area contributed by atoms with Crippen LogP contribution in [0.2, 0.25) is 0 Å². The lowest BCUT2D eigenvalue weighted by atomic mass is 10.2. The number of hydrogen-bond donors (Lipinski definition) is 2. The third kappa shape index (κ3) is 2.87. The van der Waals surface area contributed by atoms with Gasteiger partial charge in [-0.2, -0.15) is 5.10 Å². The van der Waals surface area contributed by atoms with Crippen molar-refractivity contribution in [3.8, 4) is 0 Å². The average Bonchev–Trinajstić information content (AvgIpc) is 2.47. The van der Waals surface area contributed by atoms with Crippen LogP contribution in [0.25, 0.3) is 0 Å². The summed E-state index contributed by atoms with van der Waals surface area (Å²) in [5, 5.41) is 12.5. The van der Waals surface area contributed by atoms with Crippen LogP contribution in [0.15, 0.2) is 12.4 Å². The predicted octanol–water partition coefficient (Wildman–Crippen LogP) is -0.00648. The summed E-state index contributed by atoms with van der Waals surface area (Å²) in [6, 6.07) is -0.801. The molecule has 1 aromatic rings. The van der Waals surface area contributed by atoms with Gasteiger partial charge in [-0.05, 0) is 18.9 Å². The fraction of sp³-hybridized carbons (Fsp3) is 0.500. The molecule has 0 aromatic carbocycles. The fourth-order valence-electron chi connectivity index (χ4n) is 0.984. The quantitative estimate of drug-likeness (QED) is 0.688. The molecule has 1 atom stereocenters. The summed E-state index contributed by atoms with van der Waals surface area (Å²) >= 11 is 0. The van der Waals surface area contributed by atoms with Crippen LogP contribution in [0.4, 0.5) is 0 Å². The van der Waals surface area contributed by atoms with E-state index in [0.29, 0.717) is 13.0 Å². The highest BCUT2D eigenvalue weighted by Gasteiger charge is 2.10. The van der Waals surface area contributed by atoms with Crippen molar-refractivity contribution in [2.75, 3.05) is 0 Å². The Balaban J connectivity index is 2.39. The summed E-state index contributed by atoms with van der Waals surface area (Å²) in [6.45, 7) is 2.47. The van der Waals surface area contributed by atoms with Gasteiger partial charge in [-0.1, -0.05) is 0 Å². The largest absolute Gasteiger partial charge is 0.480 e. The van der Waals surface area contributed by atoms with Crippen molar-refractivity contribution >= 4 is 5.97 Å². The first kappa shape index (κ1) is 9.73. The van der Waals surface area contributed by atoms with E-state index in [1.54, 1.807) is 10.9 Å². The molecule has 0 amide bonds. The van der Waals surface area contributed by atoms with Gasteiger partial charge in [-0.3, -0.25) is 9.48 Å². The van der Waals surface area contributed by atoms with Gasteiger partial charge in [0, 0.05) is 12.7 Å². The Hall–Kier alpha value is -1.36. The van der Waals surface area contributed by atoms with Crippen molar-refractivity contribution in [1.82, 2.24) is 9.78 Å². The number of rotatable bonds is 4. The lowest BCUT2D eigenvalue weighted by Crippen LogP contribution is -2.31. The van der Waals surface area contributed by atoms with E-state index in [9.17, 15) is 4.79 Å². The van der Waals surface area contributed by atoms with Crippen molar-refractivity contribution in [2.45, 2.75) is 25.9 Å². The smallest absolute Gasteiger partial charge is 0.320 e. The molecule has 72 valence electrons. The van der Waals surface area contributed by atoms with Gasteiger partial charge in [0.15, 0.2) is 0 Å². The van der Waals surface area contributed by atoms with Gasteiger partial charge in [-0.25, -0.2) is 0 Å². The lowest BCUT2D eigenvalue weighted by Gasteiger charge is -2.05. The van der Waals surface area contributed by atoms with E-state index in [2.05, 4.69) is 5.10 Å².